The maximum Gasteiger partial charge on any atom is 0.317 e. The van der Waals surface area contributed by atoms with Crippen molar-refractivity contribution < 1.29 is 9.72 Å². The summed E-state index contributed by atoms with van der Waals surface area (Å²) in [5, 5.41) is 19.6. The molecule has 4 saturated carbocycles. The average Bonchev–Trinajstić information content (AvgIpc) is 3.15. The summed E-state index contributed by atoms with van der Waals surface area (Å²) < 4.78 is 1.64. The van der Waals surface area contributed by atoms with Gasteiger partial charge in [0.1, 0.15) is 5.69 Å². The minimum absolute atomic E-state index is 0.0238. The standard InChI is InChI=1S/C26H34N6O3/c1-17-9-18(2)31(28-17)24-13-22(3-4-23(24)32(34)35)29-5-7-30(8-6-29)25(33)27-26-14-19-10-20(15-26)12-21(11-19)16-26/h3-4,9,13,19-21H,5-8,10-12,14-16H2,1-2H3,(H,27,33). The maximum atomic E-state index is 13.2. The van der Waals surface area contributed by atoms with Gasteiger partial charge in [0.2, 0.25) is 0 Å². The number of hydrogen-bond donors (Lipinski definition) is 1. The Kier molecular flexibility index (Phi) is 5.27. The van der Waals surface area contributed by atoms with Crippen molar-refractivity contribution >= 4 is 17.4 Å². The van der Waals surface area contributed by atoms with Crippen molar-refractivity contribution in [2.45, 2.75) is 57.9 Å². The highest BCUT2D eigenvalue weighted by molar-refractivity contribution is 5.75. The van der Waals surface area contributed by atoms with E-state index >= 15 is 0 Å². The molecule has 0 atom stereocenters. The van der Waals surface area contributed by atoms with Crippen molar-refractivity contribution in [2.75, 3.05) is 31.1 Å². The Balaban J connectivity index is 1.14. The zero-order valence-corrected chi connectivity index (χ0v) is 20.6. The quantitative estimate of drug-likeness (QED) is 0.525. The van der Waals surface area contributed by atoms with E-state index in [0.29, 0.717) is 31.9 Å². The number of anilines is 1. The third kappa shape index (κ3) is 4.04. The Bertz CT molecular complexity index is 1130. The molecule has 2 heterocycles. The van der Waals surface area contributed by atoms with Crippen molar-refractivity contribution in [3.63, 3.8) is 0 Å². The first-order valence-electron chi connectivity index (χ1n) is 12.9. The third-order valence-corrected chi connectivity index (χ3v) is 8.74. The molecule has 1 aromatic heterocycles. The molecule has 35 heavy (non-hydrogen) atoms. The van der Waals surface area contributed by atoms with Crippen LogP contribution in [0, 0.1) is 41.7 Å². The molecule has 5 aliphatic rings. The average molecular weight is 479 g/mol. The largest absolute Gasteiger partial charge is 0.368 e. The van der Waals surface area contributed by atoms with Gasteiger partial charge in [0.25, 0.3) is 5.69 Å². The minimum Gasteiger partial charge on any atom is -0.368 e. The van der Waals surface area contributed by atoms with Gasteiger partial charge in [-0.2, -0.15) is 5.10 Å². The predicted molar refractivity (Wildman–Crippen MR) is 133 cm³/mol. The molecule has 7 rings (SSSR count). The molecule has 2 amide bonds. The van der Waals surface area contributed by atoms with Crippen LogP contribution in [0.4, 0.5) is 16.2 Å². The van der Waals surface area contributed by atoms with Crippen LogP contribution in [0.25, 0.3) is 5.69 Å². The van der Waals surface area contributed by atoms with Crippen LogP contribution in [0.1, 0.15) is 49.9 Å². The zero-order chi connectivity index (χ0) is 24.3. The normalized spacial score (nSPS) is 29.5. The highest BCUT2D eigenvalue weighted by Gasteiger charge is 2.51. The first kappa shape index (κ1) is 22.4. The Labute approximate surface area is 205 Å². The van der Waals surface area contributed by atoms with Gasteiger partial charge in [-0.3, -0.25) is 10.1 Å². The van der Waals surface area contributed by atoms with E-state index < -0.39 is 0 Å². The van der Waals surface area contributed by atoms with Crippen LogP contribution in [0.3, 0.4) is 0 Å². The summed E-state index contributed by atoms with van der Waals surface area (Å²) in [6, 6.07) is 7.21. The first-order valence-corrected chi connectivity index (χ1v) is 12.9. The highest BCUT2D eigenvalue weighted by atomic mass is 16.6. The second-order valence-corrected chi connectivity index (χ2v) is 11.4. The SMILES string of the molecule is Cc1cc(C)n(-c2cc(N3CCN(C(=O)NC45CC6CC(CC(C6)C4)C5)CC3)ccc2[N+](=O)[O-])n1. The predicted octanol–water partition coefficient (Wildman–Crippen LogP) is 4.20. The molecule has 0 radical (unpaired) electrons. The fourth-order valence-corrected chi connectivity index (χ4v) is 7.64. The van der Waals surface area contributed by atoms with E-state index in [4.69, 9.17) is 0 Å². The van der Waals surface area contributed by atoms with E-state index in [2.05, 4.69) is 15.3 Å². The summed E-state index contributed by atoms with van der Waals surface area (Å²) in [6.07, 6.45) is 7.56. The number of aryl methyl sites for hydroxylation is 2. The molecule has 0 spiro atoms. The van der Waals surface area contributed by atoms with Gasteiger partial charge >= 0.3 is 6.03 Å². The summed E-state index contributed by atoms with van der Waals surface area (Å²) in [5.41, 5.74) is 3.12. The fourth-order valence-electron chi connectivity index (χ4n) is 7.64. The van der Waals surface area contributed by atoms with Crippen LogP contribution in [-0.4, -0.2) is 57.4 Å². The van der Waals surface area contributed by atoms with Gasteiger partial charge in [0, 0.05) is 49.2 Å². The molecular formula is C26H34N6O3. The number of rotatable bonds is 4. The van der Waals surface area contributed by atoms with Crippen LogP contribution in [0.15, 0.2) is 24.3 Å². The van der Waals surface area contributed by atoms with Gasteiger partial charge < -0.3 is 15.1 Å². The van der Waals surface area contributed by atoms with Crippen LogP contribution in [0.2, 0.25) is 0 Å². The molecule has 1 saturated heterocycles. The van der Waals surface area contributed by atoms with Crippen molar-refractivity contribution in [3.8, 4) is 5.69 Å². The number of urea groups is 1. The summed E-state index contributed by atoms with van der Waals surface area (Å²) in [5.74, 6) is 2.41. The lowest BCUT2D eigenvalue weighted by Crippen LogP contribution is -2.63. The zero-order valence-electron chi connectivity index (χ0n) is 20.6. The van der Waals surface area contributed by atoms with Crippen molar-refractivity contribution in [2.24, 2.45) is 17.8 Å². The second kappa shape index (κ2) is 8.24. The third-order valence-electron chi connectivity index (χ3n) is 8.74. The van der Waals surface area contributed by atoms with E-state index in [1.165, 1.54) is 19.3 Å². The Morgan fingerprint density at radius 1 is 1.03 bits per heavy atom. The molecule has 9 nitrogen and oxygen atoms in total. The molecule has 0 unspecified atom stereocenters. The van der Waals surface area contributed by atoms with E-state index in [1.807, 2.05) is 30.9 Å². The van der Waals surface area contributed by atoms with Gasteiger partial charge in [-0.15, -0.1) is 0 Å². The Hall–Kier alpha value is -3.10. The van der Waals surface area contributed by atoms with Crippen molar-refractivity contribution in [3.05, 3.63) is 45.8 Å². The second-order valence-electron chi connectivity index (χ2n) is 11.4. The van der Waals surface area contributed by atoms with E-state index in [-0.39, 0.29) is 22.2 Å². The van der Waals surface area contributed by atoms with E-state index in [0.717, 1.165) is 54.1 Å². The summed E-state index contributed by atoms with van der Waals surface area (Å²) >= 11 is 0. The molecule has 186 valence electrons. The molecule has 1 aliphatic heterocycles. The minimum atomic E-state index is -0.359. The number of carbonyl (C=O) groups is 1. The van der Waals surface area contributed by atoms with E-state index in [1.54, 1.807) is 16.8 Å². The number of carbonyl (C=O) groups excluding carboxylic acids is 1. The molecule has 2 aromatic rings. The number of nitrogens with one attached hydrogen (secondary N) is 1. The highest BCUT2D eigenvalue weighted by Crippen LogP contribution is 2.55. The first-order chi connectivity index (χ1) is 16.8. The number of hydrogen-bond acceptors (Lipinski definition) is 5. The molecule has 1 aromatic carbocycles. The number of nitrogens with zero attached hydrogens (tertiary/aromatic N) is 5. The van der Waals surface area contributed by atoms with Gasteiger partial charge in [0.05, 0.1) is 10.6 Å². The lowest BCUT2D eigenvalue weighted by atomic mass is 9.53. The number of nitro benzene ring substituents is 1. The summed E-state index contributed by atoms with van der Waals surface area (Å²) in [4.78, 5) is 28.7. The summed E-state index contributed by atoms with van der Waals surface area (Å²) in [6.45, 7) is 6.46. The number of piperazine rings is 1. The molecule has 5 fully saturated rings. The van der Waals surface area contributed by atoms with Gasteiger partial charge in [-0.05, 0) is 88.3 Å². The Morgan fingerprint density at radius 2 is 1.66 bits per heavy atom. The fraction of sp³-hybridized carbons (Fsp3) is 0.615. The Morgan fingerprint density at radius 3 is 2.20 bits per heavy atom. The van der Waals surface area contributed by atoms with Crippen LogP contribution >= 0.6 is 0 Å². The smallest absolute Gasteiger partial charge is 0.317 e. The van der Waals surface area contributed by atoms with Gasteiger partial charge in [0.15, 0.2) is 0 Å². The lowest BCUT2D eigenvalue weighted by molar-refractivity contribution is -0.384. The molecule has 9 heteroatoms. The topological polar surface area (TPSA) is 96.5 Å². The van der Waals surface area contributed by atoms with Crippen LogP contribution in [0.5, 0.6) is 0 Å². The lowest BCUT2D eigenvalue weighted by Gasteiger charge is -2.57. The van der Waals surface area contributed by atoms with E-state index in [9.17, 15) is 14.9 Å². The van der Waals surface area contributed by atoms with Crippen LogP contribution in [-0.2, 0) is 0 Å². The monoisotopic (exact) mass is 478 g/mol. The van der Waals surface area contributed by atoms with Gasteiger partial charge in [-0.1, -0.05) is 0 Å². The molecule has 1 N–H and O–H groups in total. The number of amides is 2. The van der Waals surface area contributed by atoms with Crippen molar-refractivity contribution in [1.29, 1.82) is 0 Å². The maximum absolute atomic E-state index is 13.2. The number of benzene rings is 1. The summed E-state index contributed by atoms with van der Waals surface area (Å²) in [7, 11) is 0. The van der Waals surface area contributed by atoms with Crippen molar-refractivity contribution in [1.82, 2.24) is 20.0 Å². The molecule has 4 bridgehead atoms. The number of aromatic nitrogens is 2. The van der Waals surface area contributed by atoms with Gasteiger partial charge in [-0.25, -0.2) is 9.48 Å². The molecular weight excluding hydrogens is 444 g/mol. The molecule has 4 aliphatic carbocycles. The van der Waals surface area contributed by atoms with Crippen LogP contribution < -0.4 is 10.2 Å². The number of nitro groups is 1.